The number of nitrogens with zero attached hydrogens (tertiary/aromatic N) is 1. The number of aliphatic hydroxyl groups excluding tert-OH is 1. The van der Waals surface area contributed by atoms with E-state index in [4.69, 9.17) is 5.11 Å². The van der Waals surface area contributed by atoms with E-state index in [2.05, 4.69) is 12.2 Å². The van der Waals surface area contributed by atoms with Crippen LogP contribution < -0.4 is 5.32 Å². The molecule has 4 atom stereocenters. The Morgan fingerprint density at radius 2 is 2.00 bits per heavy atom. The van der Waals surface area contributed by atoms with Gasteiger partial charge in [0.15, 0.2) is 0 Å². The summed E-state index contributed by atoms with van der Waals surface area (Å²) in [4.78, 5) is 24.4. The molecule has 108 valence electrons. The van der Waals surface area contributed by atoms with Crippen molar-refractivity contribution in [1.29, 1.82) is 0 Å². The number of carbonyl (C=O) groups is 2. The number of hydrogen-bond donors (Lipinski definition) is 3. The molecule has 1 heterocycles. The van der Waals surface area contributed by atoms with Crippen molar-refractivity contribution in [1.82, 2.24) is 10.2 Å². The molecule has 6 heteroatoms. The van der Waals surface area contributed by atoms with E-state index in [0.29, 0.717) is 5.92 Å². The van der Waals surface area contributed by atoms with Gasteiger partial charge in [-0.2, -0.15) is 0 Å². The van der Waals surface area contributed by atoms with Crippen molar-refractivity contribution >= 4 is 12.0 Å². The van der Waals surface area contributed by atoms with E-state index in [1.165, 1.54) is 11.3 Å². The molecule has 0 aromatic heterocycles. The van der Waals surface area contributed by atoms with Crippen LogP contribution in [-0.4, -0.2) is 51.8 Å². The summed E-state index contributed by atoms with van der Waals surface area (Å²) in [7, 11) is 0. The number of carboxylic acids is 1. The standard InChI is InChI=1S/C13H22N2O4/c1-8-3-2-4-9(5-8)14-13(19)15-7-10(16)6-11(15)12(17)18/h8-11,16H,2-7H2,1H3,(H,14,19)(H,17,18)/t8?,9?,10-,11+/m1/s1. The minimum absolute atomic E-state index is 0.102. The lowest BCUT2D eigenvalue weighted by atomic mass is 9.87. The number of aliphatic carboxylic acids is 1. The molecular weight excluding hydrogens is 248 g/mol. The number of amides is 2. The highest BCUT2D eigenvalue weighted by atomic mass is 16.4. The third kappa shape index (κ3) is 3.37. The summed E-state index contributed by atoms with van der Waals surface area (Å²) in [5, 5.41) is 21.5. The molecule has 1 aliphatic heterocycles. The van der Waals surface area contributed by atoms with Gasteiger partial charge in [-0.25, -0.2) is 9.59 Å². The highest BCUT2D eigenvalue weighted by molar-refractivity contribution is 5.83. The van der Waals surface area contributed by atoms with Crippen LogP contribution >= 0.6 is 0 Å². The third-order valence-corrected chi connectivity index (χ3v) is 4.09. The molecule has 1 aliphatic carbocycles. The Labute approximate surface area is 112 Å². The largest absolute Gasteiger partial charge is 0.480 e. The average molecular weight is 270 g/mol. The van der Waals surface area contributed by atoms with Crippen LogP contribution in [0.4, 0.5) is 4.79 Å². The number of urea groups is 1. The quantitative estimate of drug-likeness (QED) is 0.692. The fourth-order valence-electron chi connectivity index (χ4n) is 3.10. The second kappa shape index (κ2) is 5.77. The highest BCUT2D eigenvalue weighted by Gasteiger charge is 2.39. The van der Waals surface area contributed by atoms with E-state index in [1.807, 2.05) is 0 Å². The number of rotatable bonds is 2. The molecule has 2 fully saturated rings. The zero-order valence-corrected chi connectivity index (χ0v) is 11.2. The van der Waals surface area contributed by atoms with Crippen LogP contribution in [0.3, 0.4) is 0 Å². The highest BCUT2D eigenvalue weighted by Crippen LogP contribution is 2.24. The summed E-state index contributed by atoms with van der Waals surface area (Å²) in [6, 6.07) is -1.14. The van der Waals surface area contributed by atoms with Gasteiger partial charge < -0.3 is 20.4 Å². The summed E-state index contributed by atoms with van der Waals surface area (Å²) in [5.74, 6) is -0.456. The molecule has 3 N–H and O–H groups in total. The maximum atomic E-state index is 12.1. The summed E-state index contributed by atoms with van der Waals surface area (Å²) in [5.41, 5.74) is 0. The van der Waals surface area contributed by atoms with Crippen LogP contribution in [0.5, 0.6) is 0 Å². The zero-order chi connectivity index (χ0) is 14.0. The molecule has 2 aliphatic rings. The molecule has 1 saturated carbocycles. The Balaban J connectivity index is 1.93. The second-order valence-electron chi connectivity index (χ2n) is 5.81. The number of aliphatic hydroxyl groups is 1. The van der Waals surface area contributed by atoms with Crippen LogP contribution in [0.15, 0.2) is 0 Å². The smallest absolute Gasteiger partial charge is 0.326 e. The predicted octanol–water partition coefficient (Wildman–Crippen LogP) is 0.794. The molecule has 0 aromatic rings. The lowest BCUT2D eigenvalue weighted by Gasteiger charge is -2.30. The van der Waals surface area contributed by atoms with Crippen molar-refractivity contribution in [3.8, 4) is 0 Å². The molecule has 2 amide bonds. The first-order chi connectivity index (χ1) is 8.97. The molecule has 2 rings (SSSR count). The summed E-state index contributed by atoms with van der Waals surface area (Å²) in [6.45, 7) is 2.27. The van der Waals surface area contributed by atoms with E-state index >= 15 is 0 Å². The van der Waals surface area contributed by atoms with Gasteiger partial charge in [0.25, 0.3) is 0 Å². The first kappa shape index (κ1) is 14.1. The van der Waals surface area contributed by atoms with E-state index in [0.717, 1.165) is 19.3 Å². The molecule has 0 aromatic carbocycles. The van der Waals surface area contributed by atoms with Crippen LogP contribution in [0.1, 0.15) is 39.0 Å². The number of hydrogen-bond acceptors (Lipinski definition) is 3. The van der Waals surface area contributed by atoms with Crippen molar-refractivity contribution < 1.29 is 19.8 Å². The van der Waals surface area contributed by atoms with Crippen LogP contribution in [0.2, 0.25) is 0 Å². The average Bonchev–Trinajstić information content (AvgIpc) is 2.71. The van der Waals surface area contributed by atoms with Crippen molar-refractivity contribution in [2.45, 2.75) is 57.2 Å². The lowest BCUT2D eigenvalue weighted by molar-refractivity contribution is -0.141. The number of β-amino-alcohol motifs (C(OH)–C–C–N with tert-alkyl or cyclic N) is 1. The number of likely N-dealkylation sites (tertiary alicyclic amines) is 1. The number of carbonyl (C=O) groups excluding carboxylic acids is 1. The molecule has 2 unspecified atom stereocenters. The third-order valence-electron chi connectivity index (χ3n) is 4.09. The number of carboxylic acid groups (broad SMARTS) is 1. The van der Waals surface area contributed by atoms with Crippen LogP contribution in [-0.2, 0) is 4.79 Å². The maximum absolute atomic E-state index is 12.1. The molecular formula is C13H22N2O4. The van der Waals surface area contributed by atoms with Crippen molar-refractivity contribution in [3.05, 3.63) is 0 Å². The van der Waals surface area contributed by atoms with Crippen LogP contribution in [0, 0.1) is 5.92 Å². The summed E-state index contributed by atoms with van der Waals surface area (Å²) >= 11 is 0. The zero-order valence-electron chi connectivity index (χ0n) is 11.2. The topological polar surface area (TPSA) is 89.9 Å². The Morgan fingerprint density at radius 3 is 2.63 bits per heavy atom. The molecule has 0 bridgehead atoms. The van der Waals surface area contributed by atoms with Gasteiger partial charge in [-0.05, 0) is 18.8 Å². The van der Waals surface area contributed by atoms with Gasteiger partial charge in [0, 0.05) is 19.0 Å². The Bertz CT molecular complexity index is 361. The summed E-state index contributed by atoms with van der Waals surface area (Å²) in [6.07, 6.45) is 3.55. The lowest BCUT2D eigenvalue weighted by Crippen LogP contribution is -2.50. The van der Waals surface area contributed by atoms with E-state index in [-0.39, 0.29) is 25.0 Å². The van der Waals surface area contributed by atoms with E-state index < -0.39 is 18.1 Å². The Hall–Kier alpha value is -1.30. The first-order valence-electron chi connectivity index (χ1n) is 6.95. The van der Waals surface area contributed by atoms with Gasteiger partial charge >= 0.3 is 12.0 Å². The van der Waals surface area contributed by atoms with Gasteiger partial charge in [0.05, 0.1) is 6.10 Å². The minimum Gasteiger partial charge on any atom is -0.480 e. The van der Waals surface area contributed by atoms with Crippen LogP contribution in [0.25, 0.3) is 0 Å². The molecule has 6 nitrogen and oxygen atoms in total. The Kier molecular flexibility index (Phi) is 4.29. The fourth-order valence-corrected chi connectivity index (χ4v) is 3.10. The van der Waals surface area contributed by atoms with E-state index in [9.17, 15) is 14.7 Å². The van der Waals surface area contributed by atoms with Crippen molar-refractivity contribution in [2.75, 3.05) is 6.54 Å². The van der Waals surface area contributed by atoms with Gasteiger partial charge in [-0.3, -0.25) is 0 Å². The Morgan fingerprint density at radius 1 is 1.26 bits per heavy atom. The van der Waals surface area contributed by atoms with Gasteiger partial charge in [-0.15, -0.1) is 0 Å². The van der Waals surface area contributed by atoms with Crippen molar-refractivity contribution in [2.24, 2.45) is 5.92 Å². The monoisotopic (exact) mass is 270 g/mol. The predicted molar refractivity (Wildman–Crippen MR) is 68.7 cm³/mol. The maximum Gasteiger partial charge on any atom is 0.326 e. The molecule has 19 heavy (non-hydrogen) atoms. The SMILES string of the molecule is CC1CCCC(NC(=O)N2C[C@H](O)C[C@H]2C(=O)O)C1. The van der Waals surface area contributed by atoms with Crippen molar-refractivity contribution in [3.63, 3.8) is 0 Å². The van der Waals surface area contributed by atoms with Gasteiger partial charge in [0.2, 0.25) is 0 Å². The molecule has 0 spiro atoms. The van der Waals surface area contributed by atoms with Gasteiger partial charge in [-0.1, -0.05) is 19.8 Å². The van der Waals surface area contributed by atoms with E-state index in [1.54, 1.807) is 0 Å². The molecule has 1 saturated heterocycles. The normalized spacial score (nSPS) is 35.2. The molecule has 0 radical (unpaired) electrons. The minimum atomic E-state index is -1.05. The fraction of sp³-hybridized carbons (Fsp3) is 0.846. The second-order valence-corrected chi connectivity index (χ2v) is 5.81. The number of nitrogens with one attached hydrogen (secondary N) is 1. The van der Waals surface area contributed by atoms with Gasteiger partial charge in [0.1, 0.15) is 6.04 Å². The first-order valence-corrected chi connectivity index (χ1v) is 6.95. The summed E-state index contributed by atoms with van der Waals surface area (Å²) < 4.78 is 0.